The van der Waals surface area contributed by atoms with E-state index in [1.165, 1.54) is 0 Å². The molecule has 0 aliphatic rings. The molecule has 0 saturated carbocycles. The standard InChI is InChI=1S/2Ba.H4O4Si.Sr.6H/c;;1-5(2,3)4;;;;;;;/h;;1-4H;;;;;;;/q2*+2;;+2;6*-1. The molecule has 4 nitrogen and oxygen atoms in total. The minimum absolute atomic E-state index is 0. The molecule has 0 rings (SSSR count). The van der Waals surface area contributed by atoms with Crippen LogP contribution >= 0.6 is 0 Å². The monoisotopic (exact) mass is 466 g/mol. The summed E-state index contributed by atoms with van der Waals surface area (Å²) in [5.74, 6) is 0. The van der Waals surface area contributed by atoms with E-state index in [0.717, 1.165) is 0 Å². The molecule has 0 amide bonds. The van der Waals surface area contributed by atoms with Gasteiger partial charge in [-0.3, -0.25) is 0 Å². The molecule has 0 spiro atoms. The summed E-state index contributed by atoms with van der Waals surface area (Å²) >= 11 is 0. The molecule has 0 aromatic heterocycles. The molecule has 8 heavy (non-hydrogen) atoms. The number of hydrogen-bond acceptors (Lipinski definition) is 4. The molecule has 44 valence electrons. The minimum Gasteiger partial charge on any atom is -1.00 e. The first-order chi connectivity index (χ1) is 2.00. The van der Waals surface area contributed by atoms with Crippen molar-refractivity contribution in [3.63, 3.8) is 0 Å². The van der Waals surface area contributed by atoms with Gasteiger partial charge in [-0.2, -0.15) is 0 Å². The van der Waals surface area contributed by atoms with E-state index in [4.69, 9.17) is 19.2 Å². The smallest absolute Gasteiger partial charge is 1.00 e. The Balaban J connectivity index is -0.00000000222. The molecule has 8 heteroatoms. The maximum atomic E-state index is 7.33. The summed E-state index contributed by atoms with van der Waals surface area (Å²) < 4.78 is 0. The topological polar surface area (TPSA) is 80.9 Å². The fraction of sp³-hybridized carbons (Fsp3) is 0. The first kappa shape index (κ1) is 23.0. The van der Waals surface area contributed by atoms with E-state index in [2.05, 4.69) is 0 Å². The second-order valence-corrected chi connectivity index (χ2v) is 1.80. The van der Waals surface area contributed by atoms with E-state index in [1.807, 2.05) is 0 Å². The summed E-state index contributed by atoms with van der Waals surface area (Å²) in [4.78, 5) is 29.3. The van der Waals surface area contributed by atoms with Crippen molar-refractivity contribution in [2.45, 2.75) is 0 Å². The normalized spacial score (nSPS) is 7.50. The van der Waals surface area contributed by atoms with Crippen molar-refractivity contribution in [1.82, 2.24) is 0 Å². The van der Waals surface area contributed by atoms with Crippen molar-refractivity contribution >= 4 is 152 Å². The molecule has 0 radical (unpaired) electrons. The molecule has 0 heterocycles. The zero-order chi connectivity index (χ0) is 4.50. The summed E-state index contributed by atoms with van der Waals surface area (Å²) in [6, 6.07) is 0. The zero-order valence-electron chi connectivity index (χ0n) is 10.4. The van der Waals surface area contributed by atoms with Crippen molar-refractivity contribution in [2.24, 2.45) is 0 Å². The summed E-state index contributed by atoms with van der Waals surface area (Å²) in [6.07, 6.45) is 0. The van der Waals surface area contributed by atoms with Crippen LogP contribution in [-0.4, -0.2) is 171 Å². The second-order valence-electron chi connectivity index (χ2n) is 0.600. The Morgan fingerprint density at radius 2 is 0.875 bits per heavy atom. The van der Waals surface area contributed by atoms with Gasteiger partial charge in [0.15, 0.2) is 0 Å². The van der Waals surface area contributed by atoms with Crippen LogP contribution in [-0.2, 0) is 0 Å². The van der Waals surface area contributed by atoms with Gasteiger partial charge in [0, 0.05) is 0 Å². The largest absolute Gasteiger partial charge is 2.00 e. The molecular formula is H10Ba2O4SiSr. The van der Waals surface area contributed by atoms with Gasteiger partial charge in [0.2, 0.25) is 0 Å². The van der Waals surface area contributed by atoms with Crippen molar-refractivity contribution in [3.05, 3.63) is 0 Å². The third-order valence-electron chi connectivity index (χ3n) is 0. The van der Waals surface area contributed by atoms with Crippen molar-refractivity contribution in [1.29, 1.82) is 0 Å². The van der Waals surface area contributed by atoms with Crippen LogP contribution in [0, 0.1) is 0 Å². The molecule has 0 aromatic carbocycles. The number of hydrogen-bond donors (Lipinski definition) is 4. The van der Waals surface area contributed by atoms with E-state index in [9.17, 15) is 0 Å². The fourth-order valence-electron chi connectivity index (χ4n) is 0. The van der Waals surface area contributed by atoms with Crippen LogP contribution in [0.15, 0.2) is 0 Å². The zero-order valence-corrected chi connectivity index (χ0v) is 17.8. The average molecular weight is 464 g/mol. The van der Waals surface area contributed by atoms with Crippen LogP contribution in [0.5, 0.6) is 0 Å². The van der Waals surface area contributed by atoms with Gasteiger partial charge < -0.3 is 27.7 Å². The maximum absolute atomic E-state index is 7.33. The molecule has 0 aliphatic heterocycles. The van der Waals surface area contributed by atoms with Crippen LogP contribution in [0.1, 0.15) is 8.56 Å². The minimum atomic E-state index is -4.61. The van der Waals surface area contributed by atoms with Crippen LogP contribution < -0.4 is 0 Å². The second kappa shape index (κ2) is 11.7. The van der Waals surface area contributed by atoms with Gasteiger partial charge >= 0.3 is 152 Å². The first-order valence-electron chi connectivity index (χ1n) is 0.894. The van der Waals surface area contributed by atoms with Crippen molar-refractivity contribution in [3.8, 4) is 0 Å². The van der Waals surface area contributed by atoms with E-state index in [1.54, 1.807) is 0 Å². The molecule has 0 bridgehead atoms. The molecule has 0 saturated heterocycles. The fourth-order valence-corrected chi connectivity index (χ4v) is 0. The Kier molecular flexibility index (Phi) is 33.5. The predicted octanol–water partition coefficient (Wildman–Crippen LogP) is -3.08. The van der Waals surface area contributed by atoms with Gasteiger partial charge in [0.1, 0.15) is 0 Å². The maximum Gasteiger partial charge on any atom is 2.00 e. The summed E-state index contributed by atoms with van der Waals surface area (Å²) in [5, 5.41) is 0. The van der Waals surface area contributed by atoms with Gasteiger partial charge in [-0.1, -0.05) is 0 Å². The summed E-state index contributed by atoms with van der Waals surface area (Å²) in [6.45, 7) is 0. The Morgan fingerprint density at radius 1 is 0.875 bits per heavy atom. The van der Waals surface area contributed by atoms with Gasteiger partial charge in [-0.05, 0) is 0 Å². The molecular weight excluding hydrogens is 454 g/mol. The molecule has 4 N–H and O–H groups in total. The van der Waals surface area contributed by atoms with Crippen LogP contribution in [0.4, 0.5) is 0 Å². The number of rotatable bonds is 0. The third-order valence-corrected chi connectivity index (χ3v) is 0. The van der Waals surface area contributed by atoms with Crippen molar-refractivity contribution < 1.29 is 27.7 Å². The SMILES string of the molecule is O[Si](O)(O)O.[Ba+2].[Ba+2].[H-].[H-].[H-].[H-].[H-].[H-].[Sr+2]. The van der Waals surface area contributed by atoms with Crippen molar-refractivity contribution in [2.75, 3.05) is 0 Å². The van der Waals surface area contributed by atoms with Gasteiger partial charge in [0.05, 0.1) is 0 Å². The third kappa shape index (κ3) is 45.7. The molecule has 0 aromatic rings. The Bertz CT molecular complexity index is 43.3. The molecule has 0 atom stereocenters. The Morgan fingerprint density at radius 3 is 0.875 bits per heavy atom. The van der Waals surface area contributed by atoms with Gasteiger partial charge in [-0.25, -0.2) is 0 Å². The average Bonchev–Trinajstić information content (AvgIpc) is 0.722. The Hall–Kier alpha value is 4.68. The first-order valence-corrected chi connectivity index (χ1v) is 2.68. The molecule has 0 fully saturated rings. The Labute approximate surface area is 175 Å². The quantitative estimate of drug-likeness (QED) is 0.287. The van der Waals surface area contributed by atoms with Crippen LogP contribution in [0.3, 0.4) is 0 Å². The van der Waals surface area contributed by atoms with E-state index in [-0.39, 0.29) is 152 Å². The van der Waals surface area contributed by atoms with E-state index < -0.39 is 9.05 Å². The van der Waals surface area contributed by atoms with E-state index >= 15 is 0 Å². The van der Waals surface area contributed by atoms with E-state index in [0.29, 0.717) is 0 Å². The van der Waals surface area contributed by atoms with Crippen LogP contribution in [0.2, 0.25) is 0 Å². The predicted molar refractivity (Wildman–Crippen MR) is 38.6 cm³/mol. The molecule has 0 unspecified atom stereocenters. The van der Waals surface area contributed by atoms with Gasteiger partial charge in [-0.15, -0.1) is 0 Å². The van der Waals surface area contributed by atoms with Gasteiger partial charge in [0.25, 0.3) is 0 Å². The van der Waals surface area contributed by atoms with Crippen LogP contribution in [0.25, 0.3) is 0 Å². The summed E-state index contributed by atoms with van der Waals surface area (Å²) in [7, 11) is -4.61. The molecule has 0 aliphatic carbocycles. The summed E-state index contributed by atoms with van der Waals surface area (Å²) in [5.41, 5.74) is 0.